The third-order valence-corrected chi connectivity index (χ3v) is 3.73. The summed E-state index contributed by atoms with van der Waals surface area (Å²) in [4.78, 5) is 9.81. The van der Waals surface area contributed by atoms with Crippen LogP contribution in [-0.2, 0) is 13.8 Å². The maximum Gasteiger partial charge on any atom is 0.349 e. The van der Waals surface area contributed by atoms with Crippen LogP contribution in [-0.4, -0.2) is 21.5 Å². The summed E-state index contributed by atoms with van der Waals surface area (Å²) < 4.78 is 39.0. The number of thiophene rings is 1. The van der Waals surface area contributed by atoms with Crippen molar-refractivity contribution >= 4 is 37.0 Å². The Morgan fingerprint density at radius 1 is 1.64 bits per heavy atom. The molecule has 0 radical (unpaired) electrons. The van der Waals surface area contributed by atoms with Crippen LogP contribution in [0.5, 0.6) is 0 Å². The Kier molecular flexibility index (Phi) is 3.13. The molecule has 0 saturated heterocycles. The van der Waals surface area contributed by atoms with E-state index in [0.29, 0.717) is 11.3 Å². The molecular weight excluding hydrogens is 255 g/mol. The fraction of sp³-hybridized carbons (Fsp3) is 0.167. The lowest BCUT2D eigenvalue weighted by Crippen LogP contribution is -2.04. The number of halogens is 2. The molecule has 4 nitrogen and oxygen atoms in total. The summed E-state index contributed by atoms with van der Waals surface area (Å²) in [5, 5.41) is 0.877. The van der Waals surface area contributed by atoms with Crippen LogP contribution in [0.3, 0.4) is 0 Å². The second-order valence-electron chi connectivity index (χ2n) is 2.17. The molecule has 0 atom stereocenters. The van der Waals surface area contributed by atoms with Crippen LogP contribution in [0.2, 0.25) is 0 Å². The maximum atomic E-state index is 12.9. The van der Waals surface area contributed by atoms with Gasteiger partial charge in [-0.15, -0.1) is 11.3 Å². The molecule has 0 unspecified atom stereocenters. The van der Waals surface area contributed by atoms with Gasteiger partial charge in [-0.1, -0.05) is 0 Å². The minimum atomic E-state index is -4.27. The van der Waals surface area contributed by atoms with E-state index in [0.717, 1.165) is 12.5 Å². The molecule has 0 bridgehead atoms. The highest BCUT2D eigenvalue weighted by Gasteiger charge is 2.27. The van der Waals surface area contributed by atoms with E-state index in [4.69, 9.17) is 10.7 Å². The molecule has 1 rings (SSSR count). The van der Waals surface area contributed by atoms with E-state index >= 15 is 0 Å². The molecule has 0 spiro atoms. The third-order valence-electron chi connectivity index (χ3n) is 1.32. The van der Waals surface area contributed by atoms with Gasteiger partial charge < -0.3 is 4.74 Å². The van der Waals surface area contributed by atoms with Gasteiger partial charge in [-0.2, -0.15) is 0 Å². The van der Waals surface area contributed by atoms with Crippen LogP contribution in [0.25, 0.3) is 0 Å². The summed E-state index contributed by atoms with van der Waals surface area (Å²) in [6.45, 7) is 0. The van der Waals surface area contributed by atoms with Crippen molar-refractivity contribution in [2.24, 2.45) is 0 Å². The van der Waals surface area contributed by atoms with E-state index in [9.17, 15) is 17.6 Å². The van der Waals surface area contributed by atoms with Gasteiger partial charge in [0.1, 0.15) is 9.77 Å². The number of esters is 1. The van der Waals surface area contributed by atoms with E-state index in [-0.39, 0.29) is 4.88 Å². The van der Waals surface area contributed by atoms with Crippen molar-refractivity contribution in [3.63, 3.8) is 0 Å². The first kappa shape index (κ1) is 11.4. The average Bonchev–Trinajstić information content (AvgIpc) is 2.44. The lowest BCUT2D eigenvalue weighted by molar-refractivity contribution is 0.0601. The van der Waals surface area contributed by atoms with Gasteiger partial charge >= 0.3 is 5.97 Å². The molecule has 78 valence electrons. The number of methoxy groups -OCH3 is 1. The van der Waals surface area contributed by atoms with Crippen LogP contribution >= 0.6 is 22.0 Å². The molecule has 0 aliphatic heterocycles. The monoisotopic (exact) mass is 258 g/mol. The Morgan fingerprint density at radius 3 is 2.64 bits per heavy atom. The van der Waals surface area contributed by atoms with Gasteiger partial charge in [-0.3, -0.25) is 0 Å². The first-order valence-corrected chi connectivity index (χ1v) is 6.36. The van der Waals surface area contributed by atoms with Gasteiger partial charge in [0.15, 0.2) is 5.82 Å². The van der Waals surface area contributed by atoms with Crippen LogP contribution in [0, 0.1) is 5.82 Å². The van der Waals surface area contributed by atoms with E-state index in [1.807, 2.05) is 0 Å². The van der Waals surface area contributed by atoms with Crippen molar-refractivity contribution in [3.05, 3.63) is 16.1 Å². The highest BCUT2D eigenvalue weighted by atomic mass is 35.7. The predicted molar refractivity (Wildman–Crippen MR) is 48.7 cm³/mol. The quantitative estimate of drug-likeness (QED) is 0.597. The normalized spacial score (nSPS) is 11.4. The minimum Gasteiger partial charge on any atom is -0.465 e. The van der Waals surface area contributed by atoms with Gasteiger partial charge in [-0.05, 0) is 0 Å². The number of rotatable bonds is 2. The van der Waals surface area contributed by atoms with Gasteiger partial charge in [0.05, 0.1) is 7.11 Å². The Balaban J connectivity index is 3.42. The predicted octanol–water partition coefficient (Wildman–Crippen LogP) is 1.60. The van der Waals surface area contributed by atoms with E-state index in [2.05, 4.69) is 4.74 Å². The SMILES string of the molecule is COC(=O)c1scc(F)c1S(=O)(=O)Cl. The fourth-order valence-corrected chi connectivity index (χ4v) is 3.24. The molecule has 0 N–H and O–H groups in total. The van der Waals surface area contributed by atoms with Gasteiger partial charge in [0.25, 0.3) is 9.05 Å². The molecule has 8 heteroatoms. The molecule has 0 aliphatic rings. The van der Waals surface area contributed by atoms with E-state index < -0.39 is 25.7 Å². The molecule has 1 aromatic rings. The Hall–Kier alpha value is -0.660. The topological polar surface area (TPSA) is 60.4 Å². The number of ether oxygens (including phenoxy) is 1. The van der Waals surface area contributed by atoms with Crippen LogP contribution in [0.15, 0.2) is 10.3 Å². The third kappa shape index (κ3) is 2.05. The molecule has 0 fully saturated rings. The minimum absolute atomic E-state index is 0.361. The second-order valence-corrected chi connectivity index (χ2v) is 5.55. The Morgan fingerprint density at radius 2 is 2.21 bits per heavy atom. The van der Waals surface area contributed by atoms with Crippen molar-refractivity contribution in [3.8, 4) is 0 Å². The molecule has 0 saturated carbocycles. The second kappa shape index (κ2) is 3.84. The number of carbonyl (C=O) groups excluding carboxylic acids is 1. The molecule has 0 aliphatic carbocycles. The average molecular weight is 259 g/mol. The van der Waals surface area contributed by atoms with Crippen molar-refractivity contribution < 1.29 is 22.3 Å². The van der Waals surface area contributed by atoms with Crippen LogP contribution < -0.4 is 0 Å². The van der Waals surface area contributed by atoms with E-state index in [1.165, 1.54) is 0 Å². The number of carbonyl (C=O) groups is 1. The standard InChI is InChI=1S/C6H4ClFO4S2/c1-12-6(9)4-5(14(7,10)11)3(8)2-13-4/h2H,1H3. The van der Waals surface area contributed by atoms with Crippen molar-refractivity contribution in [2.45, 2.75) is 4.90 Å². The Labute approximate surface area is 87.7 Å². The number of hydrogen-bond acceptors (Lipinski definition) is 5. The molecule has 1 aromatic heterocycles. The first-order valence-electron chi connectivity index (χ1n) is 3.18. The lowest BCUT2D eigenvalue weighted by atomic mass is 10.4. The fourth-order valence-electron chi connectivity index (χ4n) is 0.787. The molecule has 14 heavy (non-hydrogen) atoms. The van der Waals surface area contributed by atoms with Gasteiger partial charge in [-0.25, -0.2) is 17.6 Å². The van der Waals surface area contributed by atoms with Gasteiger partial charge in [0.2, 0.25) is 0 Å². The summed E-state index contributed by atoms with van der Waals surface area (Å²) in [6.07, 6.45) is 0. The highest BCUT2D eigenvalue weighted by molar-refractivity contribution is 8.13. The number of hydrogen-bond donors (Lipinski definition) is 0. The van der Waals surface area contributed by atoms with Crippen LogP contribution in [0.1, 0.15) is 9.67 Å². The van der Waals surface area contributed by atoms with Crippen molar-refractivity contribution in [1.82, 2.24) is 0 Å². The lowest BCUT2D eigenvalue weighted by Gasteiger charge is -1.97. The summed E-state index contributed by atoms with van der Waals surface area (Å²) in [5.74, 6) is -1.98. The van der Waals surface area contributed by atoms with Crippen molar-refractivity contribution in [2.75, 3.05) is 7.11 Å². The molecular formula is C6H4ClFO4S2. The largest absolute Gasteiger partial charge is 0.465 e. The van der Waals surface area contributed by atoms with Gasteiger partial charge in [0, 0.05) is 16.1 Å². The Bertz CT molecular complexity index is 464. The maximum absolute atomic E-state index is 12.9. The zero-order valence-electron chi connectivity index (χ0n) is 6.78. The summed E-state index contributed by atoms with van der Waals surface area (Å²) in [7, 11) is 1.73. The highest BCUT2D eigenvalue weighted by Crippen LogP contribution is 2.29. The first-order chi connectivity index (χ1) is 6.38. The summed E-state index contributed by atoms with van der Waals surface area (Å²) in [5.41, 5.74) is 0. The van der Waals surface area contributed by atoms with E-state index in [1.54, 1.807) is 0 Å². The zero-order valence-corrected chi connectivity index (χ0v) is 9.17. The summed E-state index contributed by atoms with van der Waals surface area (Å²) in [6, 6.07) is 0. The summed E-state index contributed by atoms with van der Waals surface area (Å²) >= 11 is 0.623. The van der Waals surface area contributed by atoms with Crippen molar-refractivity contribution in [1.29, 1.82) is 0 Å². The van der Waals surface area contributed by atoms with Crippen LogP contribution in [0.4, 0.5) is 4.39 Å². The molecule has 1 heterocycles. The zero-order chi connectivity index (χ0) is 10.9. The molecule has 0 amide bonds. The smallest absolute Gasteiger partial charge is 0.349 e. The molecule has 0 aromatic carbocycles.